The van der Waals surface area contributed by atoms with E-state index in [0.717, 1.165) is 21.7 Å². The van der Waals surface area contributed by atoms with Gasteiger partial charge in [-0.25, -0.2) is 4.98 Å². The molecule has 2 heterocycles. The standard InChI is InChI=1S/C29H41N7O6S/c1-19-25(43-18-32-19)21-7-5-20(6-8-21)16-31-27(39)23-15-22(37)17-36(23)28(40)26(29(2,3)4)34-24(38)9-11-41-13-14-42-12-10-33-35-30/h5-8,18,22-23,26,37H,9-17H2,1-4H3,(H,31,39)(H,34,38). The summed E-state index contributed by atoms with van der Waals surface area (Å²) in [6, 6.07) is 6.09. The number of hydrogen-bond acceptors (Lipinski definition) is 9. The van der Waals surface area contributed by atoms with Crippen molar-refractivity contribution in [2.24, 2.45) is 10.5 Å². The molecule has 0 spiro atoms. The Hall–Kier alpha value is -3.55. The Morgan fingerprint density at radius 2 is 1.88 bits per heavy atom. The number of aliphatic hydroxyl groups excluding tert-OH is 1. The number of benzene rings is 1. The van der Waals surface area contributed by atoms with Gasteiger partial charge in [-0.1, -0.05) is 50.2 Å². The summed E-state index contributed by atoms with van der Waals surface area (Å²) in [5.74, 6) is -1.15. The minimum atomic E-state index is -0.910. The number of aromatic nitrogens is 1. The third kappa shape index (κ3) is 10.3. The average Bonchev–Trinajstić information content (AvgIpc) is 3.58. The van der Waals surface area contributed by atoms with E-state index in [2.05, 4.69) is 25.6 Å². The molecule has 0 aliphatic carbocycles. The molecule has 1 aliphatic rings. The van der Waals surface area contributed by atoms with Crippen LogP contribution in [0.2, 0.25) is 0 Å². The monoisotopic (exact) mass is 615 g/mol. The van der Waals surface area contributed by atoms with Crippen molar-refractivity contribution in [2.75, 3.05) is 39.5 Å². The Balaban J connectivity index is 1.53. The van der Waals surface area contributed by atoms with Crippen molar-refractivity contribution < 1.29 is 29.0 Å². The topological polar surface area (TPSA) is 179 Å². The Morgan fingerprint density at radius 3 is 2.51 bits per heavy atom. The van der Waals surface area contributed by atoms with Gasteiger partial charge in [0.15, 0.2) is 0 Å². The molecule has 43 heavy (non-hydrogen) atoms. The summed E-state index contributed by atoms with van der Waals surface area (Å²) in [7, 11) is 0. The number of hydrogen-bond donors (Lipinski definition) is 3. The van der Waals surface area contributed by atoms with E-state index in [1.807, 2.05) is 57.5 Å². The molecule has 1 aromatic heterocycles. The zero-order valence-corrected chi connectivity index (χ0v) is 25.9. The number of rotatable bonds is 15. The van der Waals surface area contributed by atoms with E-state index in [1.54, 1.807) is 11.3 Å². The van der Waals surface area contributed by atoms with Crippen molar-refractivity contribution in [3.63, 3.8) is 0 Å². The fraction of sp³-hybridized carbons (Fsp3) is 0.586. The highest BCUT2D eigenvalue weighted by Crippen LogP contribution is 2.28. The number of azide groups is 1. The second-order valence-electron chi connectivity index (χ2n) is 11.4. The van der Waals surface area contributed by atoms with Gasteiger partial charge < -0.3 is 30.1 Å². The summed E-state index contributed by atoms with van der Waals surface area (Å²) in [5, 5.41) is 19.5. The molecule has 14 heteroatoms. The minimum absolute atomic E-state index is 0.00502. The van der Waals surface area contributed by atoms with E-state index >= 15 is 0 Å². The third-order valence-electron chi connectivity index (χ3n) is 6.96. The van der Waals surface area contributed by atoms with Crippen molar-refractivity contribution in [2.45, 2.75) is 65.3 Å². The molecule has 1 aliphatic heterocycles. The van der Waals surface area contributed by atoms with Crippen LogP contribution in [-0.4, -0.2) is 90.4 Å². The molecule has 3 atom stereocenters. The van der Waals surface area contributed by atoms with Crippen LogP contribution in [0.4, 0.5) is 0 Å². The van der Waals surface area contributed by atoms with Crippen molar-refractivity contribution in [1.29, 1.82) is 0 Å². The SMILES string of the molecule is Cc1ncsc1-c1ccc(CNC(=O)C2CC(O)CN2C(=O)C(NC(=O)CCOCCOCCN=[N+]=[N-])C(C)(C)C)cc1. The van der Waals surface area contributed by atoms with Crippen LogP contribution in [0, 0.1) is 12.3 Å². The van der Waals surface area contributed by atoms with Gasteiger partial charge >= 0.3 is 0 Å². The Morgan fingerprint density at radius 1 is 1.19 bits per heavy atom. The van der Waals surface area contributed by atoms with Gasteiger partial charge in [-0.15, -0.1) is 11.3 Å². The largest absolute Gasteiger partial charge is 0.391 e. The summed E-state index contributed by atoms with van der Waals surface area (Å²) < 4.78 is 10.7. The van der Waals surface area contributed by atoms with Crippen LogP contribution in [-0.2, 0) is 30.4 Å². The Labute approximate surface area is 255 Å². The molecule has 3 unspecified atom stereocenters. The van der Waals surface area contributed by atoms with E-state index in [0.29, 0.717) is 6.61 Å². The number of ether oxygens (including phenoxy) is 2. The predicted molar refractivity (Wildman–Crippen MR) is 162 cm³/mol. The highest BCUT2D eigenvalue weighted by molar-refractivity contribution is 7.13. The molecule has 234 valence electrons. The first-order valence-corrected chi connectivity index (χ1v) is 15.1. The highest BCUT2D eigenvalue weighted by Gasteiger charge is 2.44. The number of aliphatic hydroxyl groups is 1. The van der Waals surface area contributed by atoms with E-state index in [-0.39, 0.29) is 64.1 Å². The van der Waals surface area contributed by atoms with Crippen LogP contribution < -0.4 is 10.6 Å². The van der Waals surface area contributed by atoms with Crippen LogP contribution in [0.5, 0.6) is 0 Å². The summed E-state index contributed by atoms with van der Waals surface area (Å²) in [5.41, 5.74) is 12.3. The van der Waals surface area contributed by atoms with E-state index in [9.17, 15) is 19.5 Å². The number of aryl methyl sites for hydroxylation is 1. The number of nitrogens with zero attached hydrogens (tertiary/aromatic N) is 5. The van der Waals surface area contributed by atoms with E-state index < -0.39 is 29.5 Å². The van der Waals surface area contributed by atoms with Gasteiger partial charge in [0.2, 0.25) is 17.7 Å². The first-order chi connectivity index (χ1) is 20.5. The molecular formula is C29H41N7O6S. The quantitative estimate of drug-likeness (QED) is 0.119. The molecule has 0 saturated carbocycles. The van der Waals surface area contributed by atoms with Gasteiger partial charge in [-0.2, -0.15) is 0 Å². The van der Waals surface area contributed by atoms with Crippen LogP contribution in [0.3, 0.4) is 0 Å². The smallest absolute Gasteiger partial charge is 0.246 e. The van der Waals surface area contributed by atoms with Gasteiger partial charge in [0.1, 0.15) is 12.1 Å². The number of β-amino-alcohol motifs (C(OH)–C–C–N with tert-alkyl or cyclic N) is 1. The number of thiazole rings is 1. The number of nitrogens with one attached hydrogen (secondary N) is 2. The van der Waals surface area contributed by atoms with Gasteiger partial charge in [0.05, 0.1) is 48.6 Å². The van der Waals surface area contributed by atoms with Crippen molar-refractivity contribution >= 4 is 29.1 Å². The molecule has 1 fully saturated rings. The van der Waals surface area contributed by atoms with Crippen LogP contribution in [0.15, 0.2) is 34.9 Å². The number of carbonyl (C=O) groups is 3. The van der Waals surface area contributed by atoms with Crippen LogP contribution in [0.25, 0.3) is 20.9 Å². The molecular weight excluding hydrogens is 574 g/mol. The second kappa shape index (κ2) is 16.3. The molecule has 1 saturated heterocycles. The van der Waals surface area contributed by atoms with Gasteiger partial charge in [0.25, 0.3) is 0 Å². The lowest BCUT2D eigenvalue weighted by Crippen LogP contribution is -2.57. The molecule has 3 rings (SSSR count). The van der Waals surface area contributed by atoms with Gasteiger partial charge in [-0.3, -0.25) is 14.4 Å². The molecule has 3 N–H and O–H groups in total. The lowest BCUT2D eigenvalue weighted by molar-refractivity contribution is -0.144. The summed E-state index contributed by atoms with van der Waals surface area (Å²) in [4.78, 5) is 49.0. The lowest BCUT2D eigenvalue weighted by Gasteiger charge is -2.35. The summed E-state index contributed by atoms with van der Waals surface area (Å²) >= 11 is 1.57. The molecule has 3 amide bonds. The molecule has 0 bridgehead atoms. The van der Waals surface area contributed by atoms with Gasteiger partial charge in [0, 0.05) is 37.4 Å². The van der Waals surface area contributed by atoms with E-state index in [4.69, 9.17) is 15.0 Å². The molecule has 1 aromatic carbocycles. The fourth-order valence-electron chi connectivity index (χ4n) is 4.65. The average molecular weight is 616 g/mol. The van der Waals surface area contributed by atoms with Crippen molar-refractivity contribution in [3.8, 4) is 10.4 Å². The van der Waals surface area contributed by atoms with Crippen molar-refractivity contribution in [1.82, 2.24) is 20.5 Å². The van der Waals surface area contributed by atoms with Crippen molar-refractivity contribution in [3.05, 3.63) is 51.5 Å². The second-order valence-corrected chi connectivity index (χ2v) is 12.2. The minimum Gasteiger partial charge on any atom is -0.391 e. The lowest BCUT2D eigenvalue weighted by atomic mass is 9.85. The highest BCUT2D eigenvalue weighted by atomic mass is 32.1. The fourth-order valence-corrected chi connectivity index (χ4v) is 5.46. The number of amides is 3. The zero-order valence-electron chi connectivity index (χ0n) is 25.1. The molecule has 2 aromatic rings. The first kappa shape index (κ1) is 33.9. The third-order valence-corrected chi connectivity index (χ3v) is 7.93. The maximum absolute atomic E-state index is 13.7. The predicted octanol–water partition coefficient (Wildman–Crippen LogP) is 2.96. The Kier molecular flexibility index (Phi) is 12.9. The maximum atomic E-state index is 13.7. The number of carbonyl (C=O) groups excluding carboxylic acids is 3. The first-order valence-electron chi connectivity index (χ1n) is 14.2. The van der Waals surface area contributed by atoms with Crippen LogP contribution in [0.1, 0.15) is 44.9 Å². The summed E-state index contributed by atoms with van der Waals surface area (Å²) in [6.07, 6.45) is -0.697. The zero-order chi connectivity index (χ0) is 31.4. The van der Waals surface area contributed by atoms with Gasteiger partial charge in [-0.05, 0) is 29.0 Å². The van der Waals surface area contributed by atoms with Crippen LogP contribution >= 0.6 is 11.3 Å². The Bertz CT molecular complexity index is 1270. The molecule has 13 nitrogen and oxygen atoms in total. The molecule has 0 radical (unpaired) electrons. The van der Waals surface area contributed by atoms with E-state index in [1.165, 1.54) is 4.90 Å². The normalized spacial score (nSPS) is 17.3. The number of likely N-dealkylation sites (tertiary alicyclic amines) is 1. The maximum Gasteiger partial charge on any atom is 0.246 e. The summed E-state index contributed by atoms with van der Waals surface area (Å²) in [6.45, 7) is 8.96.